The fraction of sp³-hybridized carbons (Fsp3) is 0.421. The summed E-state index contributed by atoms with van der Waals surface area (Å²) in [6.07, 6.45) is 7.49. The van der Waals surface area contributed by atoms with Crippen LogP contribution in [0, 0.1) is 0 Å². The van der Waals surface area contributed by atoms with Crippen molar-refractivity contribution >= 4 is 7.28 Å². The van der Waals surface area contributed by atoms with E-state index in [1.807, 2.05) is 0 Å². The molecular formula is C19H22BN+. The zero-order chi connectivity index (χ0) is 14.4. The second kappa shape index (κ2) is 5.01. The molecule has 105 valence electrons. The van der Waals surface area contributed by atoms with Gasteiger partial charge in [-0.2, -0.15) is 0 Å². The molecule has 0 amide bonds. The SMILES string of the molecule is CC1[B]C1c1ccc(-c2cccc3c2CCCC3)c[n+]1C. The molecule has 1 aromatic heterocycles. The van der Waals surface area contributed by atoms with Gasteiger partial charge in [0.1, 0.15) is 14.3 Å². The zero-order valence-corrected chi connectivity index (χ0v) is 13.0. The van der Waals surface area contributed by atoms with Crippen LogP contribution in [0.15, 0.2) is 36.5 Å². The Kier molecular flexibility index (Phi) is 3.13. The highest BCUT2D eigenvalue weighted by Gasteiger charge is 2.40. The molecule has 2 aromatic rings. The van der Waals surface area contributed by atoms with Gasteiger partial charge in [-0.05, 0) is 48.4 Å². The van der Waals surface area contributed by atoms with E-state index < -0.39 is 0 Å². The maximum absolute atomic E-state index is 2.42. The maximum atomic E-state index is 2.42. The maximum Gasteiger partial charge on any atom is 0.176 e. The molecule has 2 heterocycles. The highest BCUT2D eigenvalue weighted by Crippen LogP contribution is 2.42. The molecule has 1 fully saturated rings. The molecule has 1 saturated heterocycles. The highest BCUT2D eigenvalue weighted by atomic mass is 14.9. The number of hydrogen-bond donors (Lipinski definition) is 0. The van der Waals surface area contributed by atoms with Gasteiger partial charge in [0, 0.05) is 17.4 Å². The predicted octanol–water partition coefficient (Wildman–Crippen LogP) is 3.62. The number of fused-ring (bicyclic) bond motifs is 1. The van der Waals surface area contributed by atoms with Crippen molar-refractivity contribution in [2.45, 2.75) is 44.2 Å². The number of hydrogen-bond acceptors (Lipinski definition) is 0. The Hall–Kier alpha value is -1.57. The summed E-state index contributed by atoms with van der Waals surface area (Å²) in [5.41, 5.74) is 7.41. The first-order chi connectivity index (χ1) is 10.2. The van der Waals surface area contributed by atoms with Gasteiger partial charge in [0.15, 0.2) is 11.9 Å². The monoisotopic (exact) mass is 275 g/mol. The normalized spacial score (nSPS) is 23.3. The Labute approximate surface area is 128 Å². The Morgan fingerprint density at radius 2 is 1.90 bits per heavy atom. The van der Waals surface area contributed by atoms with Crippen LogP contribution in [0.2, 0.25) is 5.82 Å². The number of aromatic nitrogens is 1. The molecule has 0 bridgehead atoms. The Morgan fingerprint density at radius 3 is 2.67 bits per heavy atom. The molecule has 2 aliphatic rings. The minimum Gasteiger partial charge on any atom is -0.205 e. The Bertz CT molecular complexity index is 692. The van der Waals surface area contributed by atoms with Gasteiger partial charge in [0.2, 0.25) is 0 Å². The molecule has 1 aliphatic carbocycles. The molecule has 21 heavy (non-hydrogen) atoms. The predicted molar refractivity (Wildman–Crippen MR) is 87.6 cm³/mol. The lowest BCUT2D eigenvalue weighted by molar-refractivity contribution is -0.678. The van der Waals surface area contributed by atoms with E-state index in [-0.39, 0.29) is 0 Å². The Morgan fingerprint density at radius 1 is 1.10 bits per heavy atom. The van der Waals surface area contributed by atoms with Crippen molar-refractivity contribution in [3.8, 4) is 11.1 Å². The van der Waals surface area contributed by atoms with Gasteiger partial charge in [0.25, 0.3) is 0 Å². The van der Waals surface area contributed by atoms with Crippen LogP contribution in [-0.2, 0) is 19.9 Å². The smallest absolute Gasteiger partial charge is 0.176 e. The van der Waals surface area contributed by atoms with Crippen LogP contribution in [0.3, 0.4) is 0 Å². The van der Waals surface area contributed by atoms with Crippen LogP contribution in [-0.4, -0.2) is 7.28 Å². The summed E-state index contributed by atoms with van der Waals surface area (Å²) in [5, 5.41) is 0. The fourth-order valence-corrected chi connectivity index (χ4v) is 3.81. The van der Waals surface area contributed by atoms with Gasteiger partial charge >= 0.3 is 0 Å². The number of rotatable bonds is 2. The molecule has 1 aliphatic heterocycles. The standard InChI is InChI=1S/C19H22BN/c1-13-19(20-13)18-11-10-15(12-21(18)2)17-9-5-7-14-6-3-4-8-16(14)17/h5,7,9-13,19H,3-4,6,8H2,1-2H3/q+1. The summed E-state index contributed by atoms with van der Waals surface area (Å²) in [6, 6.07) is 11.5. The third-order valence-electron chi connectivity index (χ3n) is 5.16. The first kappa shape index (κ1) is 13.1. The largest absolute Gasteiger partial charge is 0.205 e. The minimum absolute atomic E-state index is 0.661. The Balaban J connectivity index is 1.75. The number of nitrogens with zero attached hydrogens (tertiary/aromatic N) is 1. The van der Waals surface area contributed by atoms with Gasteiger partial charge in [0.05, 0.1) is 0 Å². The van der Waals surface area contributed by atoms with Crippen molar-refractivity contribution < 1.29 is 4.57 Å². The van der Waals surface area contributed by atoms with Crippen LogP contribution >= 0.6 is 0 Å². The van der Waals surface area contributed by atoms with E-state index >= 15 is 0 Å². The molecule has 2 unspecified atom stereocenters. The molecule has 1 radical (unpaired) electrons. The summed E-state index contributed by atoms with van der Waals surface area (Å²) in [6.45, 7) is 2.30. The summed E-state index contributed by atoms with van der Waals surface area (Å²) in [5.74, 6) is 1.40. The first-order valence-corrected chi connectivity index (χ1v) is 8.20. The fourth-order valence-electron chi connectivity index (χ4n) is 3.81. The van der Waals surface area contributed by atoms with Gasteiger partial charge in [-0.25, -0.2) is 4.57 Å². The van der Waals surface area contributed by atoms with Gasteiger partial charge < -0.3 is 0 Å². The van der Waals surface area contributed by atoms with Crippen molar-refractivity contribution in [2.75, 3.05) is 0 Å². The summed E-state index contributed by atoms with van der Waals surface area (Å²) in [4.78, 5) is 0. The molecule has 2 heteroatoms. The quantitative estimate of drug-likeness (QED) is 0.582. The van der Waals surface area contributed by atoms with E-state index in [9.17, 15) is 0 Å². The van der Waals surface area contributed by atoms with Crippen molar-refractivity contribution in [1.29, 1.82) is 0 Å². The molecule has 1 nitrogen and oxygen atoms in total. The average Bonchev–Trinajstić information content (AvgIpc) is 3.23. The highest BCUT2D eigenvalue weighted by molar-refractivity contribution is 6.53. The van der Waals surface area contributed by atoms with Crippen LogP contribution in [0.4, 0.5) is 0 Å². The third-order valence-corrected chi connectivity index (χ3v) is 5.16. The average molecular weight is 275 g/mol. The van der Waals surface area contributed by atoms with E-state index in [1.54, 1.807) is 11.1 Å². The van der Waals surface area contributed by atoms with E-state index in [4.69, 9.17) is 0 Å². The van der Waals surface area contributed by atoms with Crippen molar-refractivity contribution in [3.63, 3.8) is 0 Å². The molecule has 2 atom stereocenters. The third kappa shape index (κ3) is 2.31. The van der Waals surface area contributed by atoms with Crippen molar-refractivity contribution in [2.24, 2.45) is 7.05 Å². The lowest BCUT2D eigenvalue weighted by Crippen LogP contribution is -2.33. The summed E-state index contributed by atoms with van der Waals surface area (Å²) in [7, 11) is 4.60. The van der Waals surface area contributed by atoms with Crippen LogP contribution in [0.25, 0.3) is 11.1 Å². The van der Waals surface area contributed by atoms with E-state index in [1.165, 1.54) is 42.5 Å². The molecule has 0 spiro atoms. The molecule has 0 N–H and O–H groups in total. The molecule has 1 aromatic carbocycles. The minimum atomic E-state index is 0.661. The lowest BCUT2D eigenvalue weighted by atomic mass is 9.86. The zero-order valence-electron chi connectivity index (χ0n) is 13.0. The molecule has 4 rings (SSSR count). The van der Waals surface area contributed by atoms with Gasteiger partial charge in [-0.1, -0.05) is 30.9 Å². The van der Waals surface area contributed by atoms with Crippen molar-refractivity contribution in [3.05, 3.63) is 53.3 Å². The number of aryl methyl sites for hydroxylation is 2. The van der Waals surface area contributed by atoms with Crippen molar-refractivity contribution in [1.82, 2.24) is 0 Å². The van der Waals surface area contributed by atoms with E-state index in [2.05, 4.69) is 62.3 Å². The summed E-state index contributed by atoms with van der Waals surface area (Å²) >= 11 is 0. The second-order valence-corrected chi connectivity index (χ2v) is 6.68. The second-order valence-electron chi connectivity index (χ2n) is 6.68. The number of pyridine rings is 1. The van der Waals surface area contributed by atoms with Crippen LogP contribution < -0.4 is 4.57 Å². The summed E-state index contributed by atoms with van der Waals surface area (Å²) < 4.78 is 2.32. The van der Waals surface area contributed by atoms with E-state index in [0.29, 0.717) is 5.82 Å². The molecule has 0 saturated carbocycles. The van der Waals surface area contributed by atoms with Gasteiger partial charge in [-0.3, -0.25) is 0 Å². The van der Waals surface area contributed by atoms with E-state index in [0.717, 1.165) is 5.82 Å². The van der Waals surface area contributed by atoms with Gasteiger partial charge in [-0.15, -0.1) is 0 Å². The molecular weight excluding hydrogens is 253 g/mol. The van der Waals surface area contributed by atoms with Crippen LogP contribution in [0.1, 0.15) is 42.4 Å². The first-order valence-electron chi connectivity index (χ1n) is 8.20. The topological polar surface area (TPSA) is 3.88 Å². The lowest BCUT2D eigenvalue weighted by Gasteiger charge is -2.19. The van der Waals surface area contributed by atoms with Crippen LogP contribution in [0.5, 0.6) is 0 Å². The number of benzene rings is 1.